The predicted molar refractivity (Wildman–Crippen MR) is 189 cm³/mol. The zero-order chi connectivity index (χ0) is 31.5. The van der Waals surface area contributed by atoms with Crippen LogP contribution in [-0.4, -0.2) is 40.5 Å². The van der Waals surface area contributed by atoms with E-state index >= 15 is 0 Å². The number of fused-ring (bicyclic) bond motifs is 1. The average Bonchev–Trinajstić information content (AvgIpc) is 3.08. The summed E-state index contributed by atoms with van der Waals surface area (Å²) in [5, 5.41) is 12.4. The maximum absolute atomic E-state index is 13.3. The summed E-state index contributed by atoms with van der Waals surface area (Å²) in [5.41, 5.74) is 17.9. The van der Waals surface area contributed by atoms with Crippen LogP contribution in [-0.2, 0) is 35.5 Å². The normalized spacial score (nSPS) is 15.8. The quantitative estimate of drug-likeness (QED) is 0.135. The molecular formula is C37H40N6O2S. The van der Waals surface area contributed by atoms with Crippen LogP contribution in [0.15, 0.2) is 92.8 Å². The van der Waals surface area contributed by atoms with Gasteiger partial charge >= 0.3 is 0 Å². The fraction of sp³-hybridized carbons (Fsp3) is 0.297. The molecule has 0 saturated carbocycles. The first kappa shape index (κ1) is 30.0. The van der Waals surface area contributed by atoms with E-state index in [1.165, 1.54) is 46.5 Å². The number of hydrazone groups is 2. The van der Waals surface area contributed by atoms with Crippen LogP contribution in [0.5, 0.6) is 0 Å². The van der Waals surface area contributed by atoms with Gasteiger partial charge in [0.05, 0.1) is 33.6 Å². The summed E-state index contributed by atoms with van der Waals surface area (Å²) in [5.74, 6) is 0. The topological polar surface area (TPSA) is 98.2 Å². The minimum Gasteiger partial charge on any atom is -0.385 e. The van der Waals surface area contributed by atoms with Crippen LogP contribution >= 0.6 is 0 Å². The Kier molecular flexibility index (Phi) is 8.49. The van der Waals surface area contributed by atoms with Crippen LogP contribution in [0, 0.1) is 0 Å². The molecule has 3 aliphatic heterocycles. The molecule has 0 fully saturated rings. The molecule has 0 unspecified atom stereocenters. The summed E-state index contributed by atoms with van der Waals surface area (Å²) < 4.78 is 26.7. The van der Waals surface area contributed by atoms with Crippen LogP contribution in [0.2, 0.25) is 0 Å². The predicted octanol–water partition coefficient (Wildman–Crippen LogP) is 7.03. The van der Waals surface area contributed by atoms with E-state index in [4.69, 9.17) is 0 Å². The summed E-state index contributed by atoms with van der Waals surface area (Å²) in [7, 11) is -3.67. The number of aryl methyl sites for hydroxylation is 4. The second-order valence-electron chi connectivity index (χ2n) is 12.3. The van der Waals surface area contributed by atoms with Crippen molar-refractivity contribution in [3.05, 3.63) is 106 Å². The molecule has 8 nitrogen and oxygen atoms in total. The van der Waals surface area contributed by atoms with E-state index in [0.717, 1.165) is 68.6 Å². The maximum Gasteiger partial charge on any atom is 0.206 e. The number of anilines is 4. The summed E-state index contributed by atoms with van der Waals surface area (Å²) in [6.45, 7) is 5.51. The summed E-state index contributed by atoms with van der Waals surface area (Å²) in [6, 6.07) is 22.2. The molecule has 3 heterocycles. The van der Waals surface area contributed by atoms with E-state index in [9.17, 15) is 8.42 Å². The van der Waals surface area contributed by atoms with Gasteiger partial charge in [-0.05, 0) is 151 Å². The molecule has 4 aromatic carbocycles. The van der Waals surface area contributed by atoms with E-state index in [1.54, 1.807) is 48.5 Å². The molecule has 3 N–H and O–H groups in total. The third-order valence-corrected chi connectivity index (χ3v) is 10.9. The van der Waals surface area contributed by atoms with Gasteiger partial charge in [-0.2, -0.15) is 10.2 Å². The number of nitrogens with zero attached hydrogens (tertiary/aromatic N) is 3. The standard InChI is InChI=1S/C37H40N6O2S/c1-2-28-20-26(21-29-6-3-17-38-36(28)29)24-39-41-32-9-13-34(14-10-32)46(44,45)35-15-11-33(12-16-35)42-40-25-27-22-30-7-4-18-43-19-5-8-31(23-27)37(30)43/h9-16,20-25,38,41-42H,2-8,17-19H2,1H3/b39-24+,40-25+. The first-order chi connectivity index (χ1) is 22.5. The van der Waals surface area contributed by atoms with Crippen molar-refractivity contribution in [2.45, 2.75) is 61.7 Å². The monoisotopic (exact) mass is 632 g/mol. The molecule has 0 aliphatic carbocycles. The minimum atomic E-state index is -3.67. The van der Waals surface area contributed by atoms with Crippen LogP contribution < -0.4 is 21.1 Å². The lowest BCUT2D eigenvalue weighted by Gasteiger charge is -2.37. The highest BCUT2D eigenvalue weighted by molar-refractivity contribution is 7.91. The van der Waals surface area contributed by atoms with Gasteiger partial charge in [-0.3, -0.25) is 10.9 Å². The van der Waals surface area contributed by atoms with Crippen LogP contribution in [0.4, 0.5) is 22.7 Å². The van der Waals surface area contributed by atoms with Crippen molar-refractivity contribution >= 4 is 45.0 Å². The van der Waals surface area contributed by atoms with Gasteiger partial charge in [0.25, 0.3) is 0 Å². The van der Waals surface area contributed by atoms with Gasteiger partial charge in [-0.15, -0.1) is 0 Å². The molecule has 9 heteroatoms. The molecule has 0 aromatic heterocycles. The third-order valence-electron chi connectivity index (χ3n) is 9.13. The van der Waals surface area contributed by atoms with Gasteiger partial charge in [0.2, 0.25) is 9.84 Å². The molecule has 0 amide bonds. The first-order valence-corrected chi connectivity index (χ1v) is 17.8. The molecule has 0 bridgehead atoms. The Morgan fingerprint density at radius 2 is 1.26 bits per heavy atom. The van der Waals surface area contributed by atoms with Crippen molar-refractivity contribution in [2.75, 3.05) is 40.7 Å². The molecule has 3 aliphatic rings. The van der Waals surface area contributed by atoms with Crippen LogP contribution in [0.3, 0.4) is 0 Å². The molecule has 0 saturated heterocycles. The highest BCUT2D eigenvalue weighted by Crippen LogP contribution is 2.36. The Balaban J connectivity index is 0.973. The zero-order valence-corrected chi connectivity index (χ0v) is 27.0. The minimum absolute atomic E-state index is 0.227. The van der Waals surface area contributed by atoms with Crippen molar-refractivity contribution in [1.82, 2.24) is 0 Å². The molecule has 0 atom stereocenters. The fourth-order valence-corrected chi connectivity index (χ4v) is 8.15. The van der Waals surface area contributed by atoms with E-state index in [-0.39, 0.29) is 9.79 Å². The Morgan fingerprint density at radius 1 is 0.739 bits per heavy atom. The van der Waals surface area contributed by atoms with Crippen molar-refractivity contribution in [2.24, 2.45) is 10.2 Å². The largest absolute Gasteiger partial charge is 0.385 e. The average molecular weight is 633 g/mol. The smallest absolute Gasteiger partial charge is 0.206 e. The van der Waals surface area contributed by atoms with E-state index < -0.39 is 9.84 Å². The number of benzene rings is 4. The number of rotatable bonds is 9. The maximum atomic E-state index is 13.3. The Hall–Kier alpha value is -4.63. The number of hydrogen-bond donors (Lipinski definition) is 3. The van der Waals surface area contributed by atoms with Crippen molar-refractivity contribution < 1.29 is 8.42 Å². The Morgan fingerprint density at radius 3 is 1.83 bits per heavy atom. The number of sulfone groups is 1. The number of hydrogen-bond acceptors (Lipinski definition) is 8. The van der Waals surface area contributed by atoms with Gasteiger partial charge in [0, 0.05) is 31.0 Å². The Bertz CT molecular complexity index is 1850. The second kappa shape index (κ2) is 13.0. The van der Waals surface area contributed by atoms with Crippen molar-refractivity contribution in [3.63, 3.8) is 0 Å². The van der Waals surface area contributed by atoms with Crippen molar-refractivity contribution in [1.29, 1.82) is 0 Å². The molecule has 7 rings (SSSR count). The third kappa shape index (κ3) is 6.24. The highest BCUT2D eigenvalue weighted by atomic mass is 32.2. The van der Waals surface area contributed by atoms with E-state index in [0.29, 0.717) is 5.69 Å². The van der Waals surface area contributed by atoms with Crippen LogP contribution in [0.25, 0.3) is 0 Å². The van der Waals surface area contributed by atoms with Gasteiger partial charge in [-0.1, -0.05) is 6.92 Å². The molecule has 0 spiro atoms. The first-order valence-electron chi connectivity index (χ1n) is 16.3. The summed E-state index contributed by atoms with van der Waals surface area (Å²) >= 11 is 0. The Labute approximate surface area is 271 Å². The number of nitrogens with one attached hydrogen (secondary N) is 3. The lowest BCUT2D eigenvalue weighted by molar-refractivity contribution is 0.596. The fourth-order valence-electron chi connectivity index (χ4n) is 6.89. The molecule has 4 aromatic rings. The molecular weight excluding hydrogens is 593 g/mol. The van der Waals surface area contributed by atoms with E-state index in [1.807, 2.05) is 12.4 Å². The summed E-state index contributed by atoms with van der Waals surface area (Å²) in [4.78, 5) is 2.99. The molecule has 0 radical (unpaired) electrons. The molecule has 236 valence electrons. The van der Waals surface area contributed by atoms with Crippen molar-refractivity contribution in [3.8, 4) is 0 Å². The van der Waals surface area contributed by atoms with Gasteiger partial charge in [0.15, 0.2) is 0 Å². The zero-order valence-electron chi connectivity index (χ0n) is 26.2. The van der Waals surface area contributed by atoms with Gasteiger partial charge < -0.3 is 10.2 Å². The lowest BCUT2D eigenvalue weighted by Crippen LogP contribution is -2.34. The summed E-state index contributed by atoms with van der Waals surface area (Å²) in [6.07, 6.45) is 11.5. The van der Waals surface area contributed by atoms with E-state index in [2.05, 4.69) is 62.5 Å². The molecule has 46 heavy (non-hydrogen) atoms. The highest BCUT2D eigenvalue weighted by Gasteiger charge is 2.24. The lowest BCUT2D eigenvalue weighted by atomic mass is 9.90. The second-order valence-corrected chi connectivity index (χ2v) is 14.2. The van der Waals surface area contributed by atoms with Gasteiger partial charge in [-0.25, -0.2) is 8.42 Å². The van der Waals surface area contributed by atoms with Gasteiger partial charge in [0.1, 0.15) is 0 Å². The van der Waals surface area contributed by atoms with Crippen LogP contribution in [0.1, 0.15) is 59.6 Å². The SMILES string of the molecule is CCc1cc(/C=N/Nc2ccc(S(=O)(=O)c3ccc(N/N=C/c4cc5c6c(c4)CCCN6CCC5)cc3)cc2)cc2c1NCCC2.